The van der Waals surface area contributed by atoms with Gasteiger partial charge in [-0.3, -0.25) is 9.98 Å². The zero-order chi connectivity index (χ0) is 36.5. The third-order valence-electron chi connectivity index (χ3n) is 7.25. The molecule has 4 N–H and O–H groups in total. The van der Waals surface area contributed by atoms with Crippen molar-refractivity contribution in [1.29, 1.82) is 5.26 Å². The maximum absolute atomic E-state index is 12.1. The van der Waals surface area contributed by atoms with Crippen molar-refractivity contribution >= 4 is 35.5 Å². The van der Waals surface area contributed by atoms with Crippen molar-refractivity contribution in [3.8, 4) is 40.7 Å². The average Bonchev–Trinajstić information content (AvgIpc) is 3.64. The SMILES string of the molecule is COC(=O)c1nn(-c2ccccc2)c(O)c1C=Nc1c(O)cccc1C#N.[C-]#[N+]c1cccc(O)c1N=Cc1c(C)nn(-c2ccccc2)c1O.[Co]. The van der Waals surface area contributed by atoms with Crippen LogP contribution in [0.25, 0.3) is 16.2 Å². The molecule has 1 radical (unpaired) electrons. The van der Waals surface area contributed by atoms with Crippen molar-refractivity contribution in [2.75, 3.05) is 7.11 Å². The van der Waals surface area contributed by atoms with Crippen molar-refractivity contribution in [1.82, 2.24) is 19.6 Å². The van der Waals surface area contributed by atoms with Crippen LogP contribution in [0.2, 0.25) is 0 Å². The molecule has 15 heteroatoms. The van der Waals surface area contributed by atoms with Gasteiger partial charge in [0.1, 0.15) is 28.9 Å². The molecule has 0 aliphatic carbocycles. The number of nitrogens with zero attached hydrogens (tertiary/aromatic N) is 8. The number of para-hydroxylation sites is 4. The summed E-state index contributed by atoms with van der Waals surface area (Å²) < 4.78 is 7.30. The summed E-state index contributed by atoms with van der Waals surface area (Å²) in [6.07, 6.45) is 2.56. The Morgan fingerprint density at radius 1 is 0.788 bits per heavy atom. The van der Waals surface area contributed by atoms with Crippen LogP contribution in [0.3, 0.4) is 0 Å². The van der Waals surface area contributed by atoms with Crippen LogP contribution in [0.5, 0.6) is 23.3 Å². The summed E-state index contributed by atoms with van der Waals surface area (Å²) in [6.45, 7) is 8.89. The first-order valence-electron chi connectivity index (χ1n) is 15.0. The van der Waals surface area contributed by atoms with Gasteiger partial charge in [-0.05, 0) is 49.4 Å². The maximum atomic E-state index is 12.1. The zero-order valence-electron chi connectivity index (χ0n) is 27.4. The summed E-state index contributed by atoms with van der Waals surface area (Å²) in [6, 6.07) is 28.8. The van der Waals surface area contributed by atoms with Crippen LogP contribution in [0.15, 0.2) is 107 Å². The molecule has 52 heavy (non-hydrogen) atoms. The van der Waals surface area contributed by atoms with Gasteiger partial charge in [0, 0.05) is 29.2 Å². The number of ether oxygens (including phenoxy) is 1. The van der Waals surface area contributed by atoms with Gasteiger partial charge in [0.2, 0.25) is 17.4 Å². The molecule has 0 saturated carbocycles. The van der Waals surface area contributed by atoms with E-state index in [0.29, 0.717) is 16.9 Å². The van der Waals surface area contributed by atoms with Gasteiger partial charge in [-0.2, -0.15) is 20.1 Å². The number of carbonyl (C=O) groups excluding carboxylic acids is 1. The average molecular weight is 740 g/mol. The molecule has 0 spiro atoms. The van der Waals surface area contributed by atoms with E-state index in [-0.39, 0.29) is 73.9 Å². The first-order valence-corrected chi connectivity index (χ1v) is 15.0. The number of methoxy groups -OCH3 is 1. The van der Waals surface area contributed by atoms with E-state index in [9.17, 15) is 25.2 Å². The van der Waals surface area contributed by atoms with Gasteiger partial charge in [-0.1, -0.05) is 54.6 Å². The Hall–Kier alpha value is -7.20. The first-order chi connectivity index (χ1) is 24.7. The van der Waals surface area contributed by atoms with E-state index in [2.05, 4.69) is 25.0 Å². The van der Waals surface area contributed by atoms with Crippen molar-refractivity contribution < 1.29 is 46.7 Å². The van der Waals surface area contributed by atoms with Gasteiger partial charge in [0.05, 0.1) is 47.4 Å². The van der Waals surface area contributed by atoms with Gasteiger partial charge in [-0.25, -0.2) is 14.3 Å². The Morgan fingerprint density at radius 3 is 1.88 bits per heavy atom. The number of benzene rings is 4. The van der Waals surface area contributed by atoms with Crippen LogP contribution in [-0.2, 0) is 21.5 Å². The quantitative estimate of drug-likeness (QED) is 0.0794. The molecule has 0 aliphatic rings. The summed E-state index contributed by atoms with van der Waals surface area (Å²) in [7, 11) is 1.19. The van der Waals surface area contributed by atoms with Crippen molar-refractivity contribution in [3.63, 3.8) is 0 Å². The number of hydrogen-bond acceptors (Lipinski definition) is 11. The van der Waals surface area contributed by atoms with E-state index < -0.39 is 5.97 Å². The molecule has 0 bridgehead atoms. The summed E-state index contributed by atoms with van der Waals surface area (Å²) in [5, 5.41) is 58.4. The van der Waals surface area contributed by atoms with Crippen LogP contribution in [0.1, 0.15) is 32.9 Å². The van der Waals surface area contributed by atoms with E-state index in [1.807, 2.05) is 36.4 Å². The number of aryl methyl sites for hydroxylation is 1. The Bertz CT molecular complexity index is 2360. The smallest absolute Gasteiger partial charge is 0.359 e. The number of carbonyl (C=O) groups is 1. The predicted molar refractivity (Wildman–Crippen MR) is 188 cm³/mol. The van der Waals surface area contributed by atoms with Gasteiger partial charge < -0.3 is 25.2 Å². The van der Waals surface area contributed by atoms with Gasteiger partial charge in [0.15, 0.2) is 5.69 Å². The standard InChI is InChI=1S/C19H14N4O4.C18H14N4O2.Co/c1-27-19(26)17-14(11-21-16-12(10-20)6-5-9-15(16)24)18(25)23(22-17)13-7-3-2-4-8-13;1-12-14(11-20-17-15(19-2)9-6-10-16(17)23)18(24)22(21-12)13-7-4-3-5-8-13;/h2-9,11,24-25H,1H3;3-11,23-24H,1H3;. The van der Waals surface area contributed by atoms with Crippen LogP contribution in [0.4, 0.5) is 17.1 Å². The molecule has 0 aliphatic heterocycles. The second-order valence-corrected chi connectivity index (χ2v) is 10.5. The first kappa shape index (κ1) is 37.6. The molecule has 0 unspecified atom stereocenters. The van der Waals surface area contributed by atoms with E-state index in [4.69, 9.17) is 16.6 Å². The number of rotatable bonds is 7. The molecule has 6 aromatic rings. The molecule has 2 heterocycles. The monoisotopic (exact) mass is 739 g/mol. The number of aromatic hydroxyl groups is 4. The predicted octanol–water partition coefficient (Wildman–Crippen LogP) is 6.58. The number of esters is 1. The molecule has 0 fully saturated rings. The van der Waals surface area contributed by atoms with Crippen LogP contribution in [-0.4, -0.2) is 65.5 Å². The second kappa shape index (κ2) is 16.9. The number of aromatic nitrogens is 4. The topological polar surface area (TPSA) is 196 Å². The Balaban J connectivity index is 0.000000230. The van der Waals surface area contributed by atoms with Crippen molar-refractivity contribution in [2.24, 2.45) is 9.98 Å². The summed E-state index contributed by atoms with van der Waals surface area (Å²) in [5.41, 5.74) is 2.66. The fraction of sp³-hybridized carbons (Fsp3) is 0.0541. The fourth-order valence-corrected chi connectivity index (χ4v) is 4.72. The number of aliphatic imine (C=N–C) groups is 2. The molecular formula is C37H28CoN8O6. The minimum atomic E-state index is -0.765. The van der Waals surface area contributed by atoms with E-state index in [0.717, 1.165) is 11.9 Å². The zero-order valence-corrected chi connectivity index (χ0v) is 28.4. The minimum absolute atomic E-state index is 0. The van der Waals surface area contributed by atoms with Crippen LogP contribution < -0.4 is 0 Å². The second-order valence-electron chi connectivity index (χ2n) is 10.5. The third-order valence-corrected chi connectivity index (χ3v) is 7.25. The Labute approximate surface area is 307 Å². The molecular weight excluding hydrogens is 711 g/mol. The van der Waals surface area contributed by atoms with Crippen molar-refractivity contribution in [3.05, 3.63) is 137 Å². The van der Waals surface area contributed by atoms with E-state index in [1.165, 1.54) is 47.0 Å². The third kappa shape index (κ3) is 7.98. The Kier molecular flexibility index (Phi) is 12.3. The molecule has 6 rings (SSSR count). The van der Waals surface area contributed by atoms with Crippen LogP contribution in [0, 0.1) is 24.8 Å². The van der Waals surface area contributed by atoms with Gasteiger partial charge >= 0.3 is 5.97 Å². The number of phenols is 2. The molecule has 261 valence electrons. The number of hydrogen-bond donors (Lipinski definition) is 4. The molecule has 4 aromatic carbocycles. The molecule has 14 nitrogen and oxygen atoms in total. The molecule has 2 aromatic heterocycles. The number of nitriles is 1. The van der Waals surface area contributed by atoms with Crippen molar-refractivity contribution in [2.45, 2.75) is 6.92 Å². The summed E-state index contributed by atoms with van der Waals surface area (Å²) in [4.78, 5) is 23.6. The maximum Gasteiger partial charge on any atom is 0.359 e. The summed E-state index contributed by atoms with van der Waals surface area (Å²) in [5.74, 6) is -1.45. The molecule has 0 amide bonds. The normalized spacial score (nSPS) is 10.5. The fourth-order valence-electron chi connectivity index (χ4n) is 4.72. The molecule has 0 atom stereocenters. The van der Waals surface area contributed by atoms with Gasteiger partial charge in [0.25, 0.3) is 0 Å². The minimum Gasteiger partial charge on any atom is -0.507 e. The largest absolute Gasteiger partial charge is 0.507 e. The van der Waals surface area contributed by atoms with Gasteiger partial charge in [-0.15, -0.1) is 0 Å². The van der Waals surface area contributed by atoms with Crippen LogP contribution >= 0.6 is 0 Å². The van der Waals surface area contributed by atoms with E-state index in [1.54, 1.807) is 49.4 Å². The molecule has 0 saturated heterocycles. The van der Waals surface area contributed by atoms with E-state index >= 15 is 0 Å². The Morgan fingerprint density at radius 2 is 1.31 bits per heavy atom. The summed E-state index contributed by atoms with van der Waals surface area (Å²) >= 11 is 0. The number of phenolic OH excluding ortho intramolecular Hbond substituents is 2.